The van der Waals surface area contributed by atoms with Crippen molar-refractivity contribution in [2.75, 3.05) is 11.9 Å². The van der Waals surface area contributed by atoms with Gasteiger partial charge in [0.1, 0.15) is 11.6 Å². The molecule has 0 aliphatic rings. The molecule has 0 radical (unpaired) electrons. The highest BCUT2D eigenvalue weighted by Crippen LogP contribution is 2.22. The van der Waals surface area contributed by atoms with E-state index in [4.69, 9.17) is 16.3 Å². The molecule has 2 aromatic rings. The van der Waals surface area contributed by atoms with Crippen molar-refractivity contribution in [3.05, 3.63) is 58.4 Å². The molecular weight excluding hydrogens is 317 g/mol. The molecular formula is C18H19ClFNO2. The molecule has 0 saturated carbocycles. The molecule has 0 aromatic heterocycles. The summed E-state index contributed by atoms with van der Waals surface area (Å²) in [4.78, 5) is 11.9. The van der Waals surface area contributed by atoms with Crippen LogP contribution in [0.1, 0.15) is 24.0 Å². The van der Waals surface area contributed by atoms with Gasteiger partial charge in [-0.1, -0.05) is 17.7 Å². The molecule has 0 aliphatic carbocycles. The van der Waals surface area contributed by atoms with E-state index < -0.39 is 0 Å². The minimum absolute atomic E-state index is 0.157. The number of hydrogen-bond acceptors (Lipinski definition) is 2. The van der Waals surface area contributed by atoms with E-state index in [1.807, 2.05) is 26.0 Å². The lowest BCUT2D eigenvalue weighted by molar-refractivity contribution is -0.116. The molecule has 0 fully saturated rings. The molecule has 1 amide bonds. The topological polar surface area (TPSA) is 38.3 Å². The number of carbonyl (C=O) groups is 1. The normalized spacial score (nSPS) is 10.4. The Balaban J connectivity index is 1.77. The lowest BCUT2D eigenvalue weighted by atomic mass is 10.2. The number of halogens is 2. The Bertz CT molecular complexity index is 703. The SMILES string of the molecule is Cc1ccc(F)cc1NC(=O)CCCOc1ccc(Cl)cc1C. The van der Waals surface area contributed by atoms with Gasteiger partial charge >= 0.3 is 0 Å². The first kappa shape index (κ1) is 17.3. The average molecular weight is 336 g/mol. The molecule has 0 saturated heterocycles. The number of hydrogen-bond donors (Lipinski definition) is 1. The summed E-state index contributed by atoms with van der Waals surface area (Å²) >= 11 is 5.89. The number of amides is 1. The number of rotatable bonds is 6. The van der Waals surface area contributed by atoms with Crippen LogP contribution in [0.5, 0.6) is 5.75 Å². The zero-order valence-corrected chi connectivity index (χ0v) is 13.9. The predicted octanol–water partition coefficient (Wildman–Crippen LogP) is 4.89. The molecule has 23 heavy (non-hydrogen) atoms. The summed E-state index contributed by atoms with van der Waals surface area (Å²) in [7, 11) is 0. The highest BCUT2D eigenvalue weighted by Gasteiger charge is 2.07. The minimum Gasteiger partial charge on any atom is -0.493 e. The van der Waals surface area contributed by atoms with Crippen LogP contribution in [0.3, 0.4) is 0 Å². The van der Waals surface area contributed by atoms with Crippen molar-refractivity contribution in [2.24, 2.45) is 0 Å². The van der Waals surface area contributed by atoms with Gasteiger partial charge in [0.15, 0.2) is 0 Å². The molecule has 0 spiro atoms. The van der Waals surface area contributed by atoms with Gasteiger partial charge in [-0.15, -0.1) is 0 Å². The lowest BCUT2D eigenvalue weighted by Gasteiger charge is -2.10. The monoisotopic (exact) mass is 335 g/mol. The molecule has 5 heteroatoms. The molecule has 2 aromatic carbocycles. The van der Waals surface area contributed by atoms with Gasteiger partial charge in [-0.25, -0.2) is 4.39 Å². The summed E-state index contributed by atoms with van der Waals surface area (Å²) in [5.74, 6) is 0.235. The van der Waals surface area contributed by atoms with Gasteiger partial charge in [0.25, 0.3) is 0 Å². The van der Waals surface area contributed by atoms with Crippen molar-refractivity contribution < 1.29 is 13.9 Å². The molecule has 0 atom stereocenters. The van der Waals surface area contributed by atoms with Crippen LogP contribution in [0, 0.1) is 19.7 Å². The lowest BCUT2D eigenvalue weighted by Crippen LogP contribution is -2.13. The van der Waals surface area contributed by atoms with Crippen molar-refractivity contribution in [2.45, 2.75) is 26.7 Å². The molecule has 2 rings (SSSR count). The zero-order valence-electron chi connectivity index (χ0n) is 13.2. The summed E-state index contributed by atoms with van der Waals surface area (Å²) in [5, 5.41) is 3.38. The van der Waals surface area contributed by atoms with Crippen LogP contribution >= 0.6 is 11.6 Å². The van der Waals surface area contributed by atoms with Gasteiger partial charge in [0, 0.05) is 17.1 Å². The van der Waals surface area contributed by atoms with Crippen molar-refractivity contribution in [1.82, 2.24) is 0 Å². The van der Waals surface area contributed by atoms with Crippen LogP contribution in [0.25, 0.3) is 0 Å². The van der Waals surface area contributed by atoms with E-state index in [0.717, 1.165) is 16.9 Å². The van der Waals surface area contributed by atoms with E-state index >= 15 is 0 Å². The van der Waals surface area contributed by atoms with Crippen molar-refractivity contribution >= 4 is 23.2 Å². The third-order valence-electron chi connectivity index (χ3n) is 3.42. The summed E-state index contributed by atoms with van der Waals surface area (Å²) in [6, 6.07) is 9.74. The number of ether oxygens (including phenoxy) is 1. The largest absolute Gasteiger partial charge is 0.493 e. The van der Waals surface area contributed by atoms with Gasteiger partial charge in [-0.2, -0.15) is 0 Å². The predicted molar refractivity (Wildman–Crippen MR) is 90.7 cm³/mol. The quantitative estimate of drug-likeness (QED) is 0.763. The molecule has 0 aliphatic heterocycles. The van der Waals surface area contributed by atoms with Crippen LogP contribution in [-0.4, -0.2) is 12.5 Å². The molecule has 122 valence electrons. The first-order valence-corrected chi connectivity index (χ1v) is 7.78. The smallest absolute Gasteiger partial charge is 0.224 e. The maximum Gasteiger partial charge on any atom is 0.224 e. The summed E-state index contributed by atoms with van der Waals surface area (Å²) in [6.07, 6.45) is 0.880. The number of anilines is 1. The van der Waals surface area contributed by atoms with E-state index in [2.05, 4.69) is 5.32 Å². The van der Waals surface area contributed by atoms with Crippen molar-refractivity contribution in [3.63, 3.8) is 0 Å². The fourth-order valence-corrected chi connectivity index (χ4v) is 2.36. The number of aryl methyl sites for hydroxylation is 2. The third kappa shape index (κ3) is 5.25. The standard InChI is InChI=1S/C18H19ClFNO2/c1-12-5-7-15(20)11-16(12)21-18(22)4-3-9-23-17-8-6-14(19)10-13(17)2/h5-8,10-11H,3-4,9H2,1-2H3,(H,21,22). The Morgan fingerprint density at radius 3 is 2.70 bits per heavy atom. The fraction of sp³-hybridized carbons (Fsp3) is 0.278. The zero-order chi connectivity index (χ0) is 16.8. The molecule has 3 nitrogen and oxygen atoms in total. The number of benzene rings is 2. The van der Waals surface area contributed by atoms with E-state index in [-0.39, 0.29) is 11.7 Å². The fourth-order valence-electron chi connectivity index (χ4n) is 2.13. The second-order valence-corrected chi connectivity index (χ2v) is 5.81. The molecule has 0 heterocycles. The van der Waals surface area contributed by atoms with Gasteiger partial charge < -0.3 is 10.1 Å². The maximum absolute atomic E-state index is 13.2. The molecule has 0 unspecified atom stereocenters. The van der Waals surface area contributed by atoms with Gasteiger partial charge in [0.05, 0.1) is 6.61 Å². The molecule has 1 N–H and O–H groups in total. The van der Waals surface area contributed by atoms with E-state index in [0.29, 0.717) is 30.2 Å². The van der Waals surface area contributed by atoms with E-state index in [1.165, 1.54) is 12.1 Å². The highest BCUT2D eigenvalue weighted by molar-refractivity contribution is 6.30. The summed E-state index contributed by atoms with van der Waals surface area (Å²) in [6.45, 7) is 4.17. The number of carbonyl (C=O) groups excluding carboxylic acids is 1. The highest BCUT2D eigenvalue weighted by atomic mass is 35.5. The van der Waals surface area contributed by atoms with E-state index in [9.17, 15) is 9.18 Å². The van der Waals surface area contributed by atoms with Crippen LogP contribution in [-0.2, 0) is 4.79 Å². The minimum atomic E-state index is -0.368. The third-order valence-corrected chi connectivity index (χ3v) is 3.65. The van der Waals surface area contributed by atoms with Crippen LogP contribution in [0.15, 0.2) is 36.4 Å². The van der Waals surface area contributed by atoms with Gasteiger partial charge in [-0.05, 0) is 61.7 Å². The Kier molecular flexibility index (Phi) is 5.99. The Morgan fingerprint density at radius 2 is 1.96 bits per heavy atom. The van der Waals surface area contributed by atoms with Crippen LogP contribution in [0.2, 0.25) is 5.02 Å². The van der Waals surface area contributed by atoms with E-state index in [1.54, 1.807) is 12.1 Å². The van der Waals surface area contributed by atoms with Gasteiger partial charge in [-0.3, -0.25) is 4.79 Å². The first-order chi connectivity index (χ1) is 11.0. The Morgan fingerprint density at radius 1 is 1.17 bits per heavy atom. The van der Waals surface area contributed by atoms with Crippen LogP contribution in [0.4, 0.5) is 10.1 Å². The van der Waals surface area contributed by atoms with Crippen LogP contribution < -0.4 is 10.1 Å². The first-order valence-electron chi connectivity index (χ1n) is 7.40. The number of nitrogens with one attached hydrogen (secondary N) is 1. The average Bonchev–Trinajstić information content (AvgIpc) is 2.49. The maximum atomic E-state index is 13.2. The second kappa shape index (κ2) is 7.97. The van der Waals surface area contributed by atoms with Gasteiger partial charge in [0.2, 0.25) is 5.91 Å². The molecule has 0 bridgehead atoms. The van der Waals surface area contributed by atoms with Crippen molar-refractivity contribution in [3.8, 4) is 5.75 Å². The van der Waals surface area contributed by atoms with Crippen molar-refractivity contribution in [1.29, 1.82) is 0 Å². The summed E-state index contributed by atoms with van der Waals surface area (Å²) < 4.78 is 18.8. The Labute approximate surface area is 140 Å². The summed E-state index contributed by atoms with van der Waals surface area (Å²) in [5.41, 5.74) is 2.29. The Hall–Kier alpha value is -2.07. The second-order valence-electron chi connectivity index (χ2n) is 5.37.